The van der Waals surface area contributed by atoms with Crippen LogP contribution in [0.1, 0.15) is 30.9 Å². The molecule has 4 heteroatoms. The topological polar surface area (TPSA) is 40.6 Å². The van der Waals surface area contributed by atoms with Gasteiger partial charge >= 0.3 is 0 Å². The van der Waals surface area contributed by atoms with Crippen molar-refractivity contribution >= 4 is 23.2 Å². The van der Waals surface area contributed by atoms with E-state index in [2.05, 4.69) is 6.07 Å². The van der Waals surface area contributed by atoms with Crippen LogP contribution in [0.25, 0.3) is 0 Å². The number of anilines is 2. The van der Waals surface area contributed by atoms with Crippen molar-refractivity contribution in [3.8, 4) is 0 Å². The molecule has 25 heavy (non-hydrogen) atoms. The Balaban J connectivity index is 1.70. The van der Waals surface area contributed by atoms with Gasteiger partial charge in [-0.05, 0) is 43.5 Å². The Labute approximate surface area is 149 Å². The number of carbonyl (C=O) groups is 2. The maximum Gasteiger partial charge on any atom is 0.228 e. The van der Waals surface area contributed by atoms with Gasteiger partial charge in [0.2, 0.25) is 11.8 Å². The smallest absolute Gasteiger partial charge is 0.228 e. The summed E-state index contributed by atoms with van der Waals surface area (Å²) < 4.78 is 0. The lowest BCUT2D eigenvalue weighted by molar-refractivity contribution is -0.118. The second-order valence-corrected chi connectivity index (χ2v) is 6.53. The average molecular weight is 336 g/mol. The Bertz CT molecular complexity index is 768. The largest absolute Gasteiger partial charge is 0.312 e. The predicted molar refractivity (Wildman–Crippen MR) is 101 cm³/mol. The molecular weight excluding hydrogens is 312 g/mol. The van der Waals surface area contributed by atoms with E-state index < -0.39 is 0 Å². The van der Waals surface area contributed by atoms with Gasteiger partial charge in [-0.25, -0.2) is 0 Å². The molecule has 0 atom stereocenters. The highest BCUT2D eigenvalue weighted by molar-refractivity contribution is 5.96. The lowest BCUT2D eigenvalue weighted by Crippen LogP contribution is -2.38. The predicted octanol–water partition coefficient (Wildman–Crippen LogP) is 3.72. The summed E-state index contributed by atoms with van der Waals surface area (Å²) in [4.78, 5) is 28.3. The standard InChI is InChI=1S/C21H24N2O2/c1-16-9-11-19(12-10-16)22(17(2)24)15-13-21(25)23-14-5-7-18-6-3-4-8-20(18)23/h3-4,6,8-12H,5,7,13-15H2,1-2H3. The van der Waals surface area contributed by atoms with Crippen LogP contribution in [-0.4, -0.2) is 24.9 Å². The van der Waals surface area contributed by atoms with Gasteiger partial charge in [-0.15, -0.1) is 0 Å². The van der Waals surface area contributed by atoms with Crippen molar-refractivity contribution in [1.82, 2.24) is 0 Å². The first-order chi connectivity index (χ1) is 12.1. The van der Waals surface area contributed by atoms with Gasteiger partial charge in [0.1, 0.15) is 0 Å². The van der Waals surface area contributed by atoms with Crippen molar-refractivity contribution in [3.63, 3.8) is 0 Å². The zero-order valence-corrected chi connectivity index (χ0v) is 14.9. The molecule has 2 aromatic carbocycles. The summed E-state index contributed by atoms with van der Waals surface area (Å²) in [6, 6.07) is 15.9. The fraction of sp³-hybridized carbons (Fsp3) is 0.333. The first-order valence-electron chi connectivity index (χ1n) is 8.79. The van der Waals surface area contributed by atoms with E-state index in [1.165, 1.54) is 5.56 Å². The van der Waals surface area contributed by atoms with Crippen molar-refractivity contribution in [3.05, 3.63) is 59.7 Å². The van der Waals surface area contributed by atoms with Crippen LogP contribution in [0.3, 0.4) is 0 Å². The van der Waals surface area contributed by atoms with Gasteiger partial charge in [0.15, 0.2) is 0 Å². The van der Waals surface area contributed by atoms with Gasteiger partial charge in [-0.3, -0.25) is 9.59 Å². The summed E-state index contributed by atoms with van der Waals surface area (Å²) in [6.07, 6.45) is 2.32. The van der Waals surface area contributed by atoms with Gasteiger partial charge < -0.3 is 9.80 Å². The number of rotatable bonds is 4. The molecule has 1 aliphatic rings. The van der Waals surface area contributed by atoms with Crippen molar-refractivity contribution in [2.75, 3.05) is 22.9 Å². The third-order valence-electron chi connectivity index (χ3n) is 4.69. The summed E-state index contributed by atoms with van der Waals surface area (Å²) >= 11 is 0. The molecule has 0 spiro atoms. The van der Waals surface area contributed by atoms with Crippen LogP contribution in [0.5, 0.6) is 0 Å². The molecule has 3 rings (SSSR count). The fourth-order valence-corrected chi connectivity index (χ4v) is 3.33. The molecule has 2 aromatic rings. The first kappa shape index (κ1) is 17.2. The summed E-state index contributed by atoms with van der Waals surface area (Å²) in [5.74, 6) is 0.0289. The number of nitrogens with zero attached hydrogens (tertiary/aromatic N) is 2. The van der Waals surface area contributed by atoms with Crippen LogP contribution in [0, 0.1) is 6.92 Å². The molecule has 0 fully saturated rings. The number of hydrogen-bond donors (Lipinski definition) is 0. The van der Waals surface area contributed by atoms with E-state index in [4.69, 9.17) is 0 Å². The number of para-hydroxylation sites is 1. The normalized spacial score (nSPS) is 13.3. The van der Waals surface area contributed by atoms with Crippen molar-refractivity contribution < 1.29 is 9.59 Å². The zero-order chi connectivity index (χ0) is 17.8. The van der Waals surface area contributed by atoms with Crippen LogP contribution in [0.4, 0.5) is 11.4 Å². The van der Waals surface area contributed by atoms with Crippen molar-refractivity contribution in [2.24, 2.45) is 0 Å². The minimum atomic E-state index is -0.0457. The van der Waals surface area contributed by atoms with Crippen LogP contribution >= 0.6 is 0 Å². The van der Waals surface area contributed by atoms with E-state index in [1.807, 2.05) is 54.3 Å². The summed E-state index contributed by atoms with van der Waals surface area (Å²) in [6.45, 7) is 4.70. The second-order valence-electron chi connectivity index (χ2n) is 6.53. The van der Waals surface area contributed by atoms with E-state index in [1.54, 1.807) is 11.8 Å². The number of carbonyl (C=O) groups excluding carboxylic acids is 2. The number of amides is 2. The van der Waals surface area contributed by atoms with Crippen LogP contribution < -0.4 is 9.80 Å². The Morgan fingerprint density at radius 3 is 2.52 bits per heavy atom. The van der Waals surface area contributed by atoms with E-state index in [-0.39, 0.29) is 11.8 Å². The van der Waals surface area contributed by atoms with Crippen LogP contribution in [0.2, 0.25) is 0 Å². The second kappa shape index (κ2) is 7.51. The lowest BCUT2D eigenvalue weighted by Gasteiger charge is -2.30. The molecule has 0 N–H and O–H groups in total. The first-order valence-corrected chi connectivity index (χ1v) is 8.79. The summed E-state index contributed by atoms with van der Waals surface area (Å²) in [5.41, 5.74) is 4.23. The average Bonchev–Trinajstić information content (AvgIpc) is 2.62. The van der Waals surface area contributed by atoms with E-state index >= 15 is 0 Å². The van der Waals surface area contributed by atoms with E-state index in [9.17, 15) is 9.59 Å². The molecule has 4 nitrogen and oxygen atoms in total. The highest BCUT2D eigenvalue weighted by Gasteiger charge is 2.23. The van der Waals surface area contributed by atoms with Crippen LogP contribution in [0.15, 0.2) is 48.5 Å². The minimum Gasteiger partial charge on any atom is -0.312 e. The number of aryl methyl sites for hydroxylation is 2. The lowest BCUT2D eigenvalue weighted by atomic mass is 10.0. The van der Waals surface area contributed by atoms with Crippen molar-refractivity contribution in [2.45, 2.75) is 33.1 Å². The summed E-state index contributed by atoms with van der Waals surface area (Å²) in [5, 5.41) is 0. The van der Waals surface area contributed by atoms with E-state index in [0.717, 1.165) is 36.3 Å². The quantitative estimate of drug-likeness (QED) is 0.854. The molecular formula is C21H24N2O2. The molecule has 1 heterocycles. The zero-order valence-electron chi connectivity index (χ0n) is 14.9. The Hall–Kier alpha value is -2.62. The Morgan fingerprint density at radius 1 is 1.08 bits per heavy atom. The van der Waals surface area contributed by atoms with Gasteiger partial charge in [0.25, 0.3) is 0 Å². The Morgan fingerprint density at radius 2 is 1.80 bits per heavy atom. The molecule has 1 aliphatic heterocycles. The third kappa shape index (κ3) is 3.90. The molecule has 0 saturated carbocycles. The summed E-state index contributed by atoms with van der Waals surface area (Å²) in [7, 11) is 0. The monoisotopic (exact) mass is 336 g/mol. The fourth-order valence-electron chi connectivity index (χ4n) is 3.33. The highest BCUT2D eigenvalue weighted by atomic mass is 16.2. The molecule has 2 amide bonds. The maximum atomic E-state index is 12.8. The van der Waals surface area contributed by atoms with Gasteiger partial charge in [-0.1, -0.05) is 35.9 Å². The molecule has 130 valence electrons. The maximum absolute atomic E-state index is 12.8. The molecule has 0 aromatic heterocycles. The SMILES string of the molecule is CC(=O)N(CCC(=O)N1CCCc2ccccc21)c1ccc(C)cc1. The third-order valence-corrected chi connectivity index (χ3v) is 4.69. The molecule has 0 unspecified atom stereocenters. The number of benzene rings is 2. The van der Waals surface area contributed by atoms with Gasteiger partial charge in [0, 0.05) is 37.8 Å². The van der Waals surface area contributed by atoms with Crippen LogP contribution in [-0.2, 0) is 16.0 Å². The molecule has 0 radical (unpaired) electrons. The van der Waals surface area contributed by atoms with Crippen molar-refractivity contribution in [1.29, 1.82) is 0 Å². The number of fused-ring (bicyclic) bond motifs is 1. The van der Waals surface area contributed by atoms with E-state index in [0.29, 0.717) is 13.0 Å². The molecule has 0 aliphatic carbocycles. The number of hydrogen-bond acceptors (Lipinski definition) is 2. The minimum absolute atomic E-state index is 0.0457. The Kier molecular flexibility index (Phi) is 5.17. The highest BCUT2D eigenvalue weighted by Crippen LogP contribution is 2.27. The molecule has 0 saturated heterocycles. The van der Waals surface area contributed by atoms with Gasteiger partial charge in [0.05, 0.1) is 0 Å². The van der Waals surface area contributed by atoms with Gasteiger partial charge in [-0.2, -0.15) is 0 Å². The molecule has 0 bridgehead atoms.